The lowest BCUT2D eigenvalue weighted by molar-refractivity contribution is -0.258. The minimum atomic E-state index is -2.20. The smallest absolute Gasteiger partial charge is 0.388 e. The second-order valence-corrected chi connectivity index (χ2v) is 3.05. The van der Waals surface area contributed by atoms with Crippen LogP contribution in [0.2, 0.25) is 0 Å². The van der Waals surface area contributed by atoms with Crippen molar-refractivity contribution in [3.63, 3.8) is 0 Å². The fourth-order valence-electron chi connectivity index (χ4n) is 0.792. The largest absolute Gasteiger partial charge is 0.480 e. The highest BCUT2D eigenvalue weighted by Crippen LogP contribution is 2.14. The van der Waals surface area contributed by atoms with Crippen molar-refractivity contribution < 1.29 is 29.9 Å². The van der Waals surface area contributed by atoms with E-state index in [9.17, 15) is 14.7 Å². The summed E-state index contributed by atoms with van der Waals surface area (Å²) in [5.41, 5.74) is -2.20. The summed E-state index contributed by atoms with van der Waals surface area (Å²) in [6.45, 7) is 2.31. The zero-order chi connectivity index (χ0) is 11.4. The Labute approximate surface area is 80.2 Å². The molecule has 0 aromatic heterocycles. The molecule has 4 N–H and O–H groups in total. The molecular formula is C7H13NO6. The highest BCUT2D eigenvalue weighted by atomic mass is 17.1. The average molecular weight is 207 g/mol. The van der Waals surface area contributed by atoms with Crippen molar-refractivity contribution in [3.8, 4) is 0 Å². The van der Waals surface area contributed by atoms with Crippen LogP contribution < -0.4 is 5.32 Å². The Balaban J connectivity index is 4.55. The van der Waals surface area contributed by atoms with Gasteiger partial charge in [-0.2, -0.15) is 5.26 Å². The molecule has 0 bridgehead atoms. The van der Waals surface area contributed by atoms with E-state index in [0.717, 1.165) is 0 Å². The second kappa shape index (κ2) is 4.89. The summed E-state index contributed by atoms with van der Waals surface area (Å²) in [5.74, 6) is -3.23. The number of aliphatic carboxylic acids is 1. The van der Waals surface area contributed by atoms with Crippen LogP contribution in [0.5, 0.6) is 0 Å². The molecule has 0 rings (SSSR count). The third-order valence-corrected chi connectivity index (χ3v) is 1.74. The first-order chi connectivity index (χ1) is 6.34. The van der Waals surface area contributed by atoms with Gasteiger partial charge in [-0.25, -0.2) is 4.79 Å². The van der Waals surface area contributed by atoms with E-state index < -0.39 is 30.1 Å². The van der Waals surface area contributed by atoms with Crippen LogP contribution in [0.3, 0.4) is 0 Å². The Hall–Kier alpha value is -1.18. The Bertz CT molecular complexity index is 228. The summed E-state index contributed by atoms with van der Waals surface area (Å²) in [4.78, 5) is 24.5. The molecular weight excluding hydrogens is 194 g/mol. The zero-order valence-corrected chi connectivity index (χ0v) is 7.85. The number of carboxylic acid groups (broad SMARTS) is 1. The topological polar surface area (TPSA) is 116 Å². The standard InChI is InChI=1S/C7H13NO6/c1-4(2)7(12,6(11)14-13)8-3-5(9)10/h4,8,12-13H,3H2,1-2H3,(H,9,10). The van der Waals surface area contributed by atoms with Crippen LogP contribution in [0, 0.1) is 5.92 Å². The van der Waals surface area contributed by atoms with E-state index in [1.807, 2.05) is 0 Å². The van der Waals surface area contributed by atoms with Gasteiger partial charge in [0.25, 0.3) is 0 Å². The number of rotatable bonds is 5. The van der Waals surface area contributed by atoms with Gasteiger partial charge >= 0.3 is 11.9 Å². The third kappa shape index (κ3) is 2.95. The summed E-state index contributed by atoms with van der Waals surface area (Å²) in [6.07, 6.45) is 0. The molecule has 0 aliphatic heterocycles. The summed E-state index contributed by atoms with van der Waals surface area (Å²) < 4.78 is 0. The van der Waals surface area contributed by atoms with Crippen LogP contribution in [0.15, 0.2) is 0 Å². The molecule has 0 heterocycles. The lowest BCUT2D eigenvalue weighted by atomic mass is 10.00. The predicted molar refractivity (Wildman–Crippen MR) is 44.1 cm³/mol. The van der Waals surface area contributed by atoms with Crippen molar-refractivity contribution in [1.29, 1.82) is 0 Å². The lowest BCUT2D eigenvalue weighted by Crippen LogP contribution is -2.57. The highest BCUT2D eigenvalue weighted by Gasteiger charge is 2.41. The molecule has 0 amide bonds. The van der Waals surface area contributed by atoms with Gasteiger partial charge in [-0.3, -0.25) is 15.0 Å². The SMILES string of the molecule is CC(C)C(O)(NCC(=O)O)C(=O)OO. The van der Waals surface area contributed by atoms with Crippen molar-refractivity contribution in [2.24, 2.45) is 5.92 Å². The number of carbonyl (C=O) groups excluding carboxylic acids is 1. The van der Waals surface area contributed by atoms with Gasteiger partial charge in [0.2, 0.25) is 5.72 Å². The van der Waals surface area contributed by atoms with Crippen molar-refractivity contribution in [2.75, 3.05) is 6.54 Å². The van der Waals surface area contributed by atoms with Crippen molar-refractivity contribution in [1.82, 2.24) is 5.32 Å². The van der Waals surface area contributed by atoms with E-state index in [1.54, 1.807) is 0 Å². The first kappa shape index (κ1) is 12.8. The van der Waals surface area contributed by atoms with Gasteiger partial charge in [0.15, 0.2) is 0 Å². The number of hydrogen-bond donors (Lipinski definition) is 4. The molecule has 0 fully saturated rings. The first-order valence-corrected chi connectivity index (χ1v) is 3.89. The molecule has 0 spiro atoms. The van der Waals surface area contributed by atoms with E-state index in [2.05, 4.69) is 10.2 Å². The maximum Gasteiger partial charge on any atom is 0.388 e. The van der Waals surface area contributed by atoms with Gasteiger partial charge in [-0.1, -0.05) is 13.8 Å². The minimum absolute atomic E-state index is 0.621. The zero-order valence-electron chi connectivity index (χ0n) is 7.85. The first-order valence-electron chi connectivity index (χ1n) is 3.89. The van der Waals surface area contributed by atoms with Crippen molar-refractivity contribution >= 4 is 11.9 Å². The summed E-state index contributed by atoms with van der Waals surface area (Å²) in [6, 6.07) is 0. The quantitative estimate of drug-likeness (QED) is 0.260. The molecule has 7 heteroatoms. The van der Waals surface area contributed by atoms with Crippen LogP contribution in [0.1, 0.15) is 13.8 Å². The van der Waals surface area contributed by atoms with Gasteiger partial charge in [-0.05, 0) is 0 Å². The van der Waals surface area contributed by atoms with E-state index in [1.165, 1.54) is 13.8 Å². The van der Waals surface area contributed by atoms with E-state index in [4.69, 9.17) is 10.4 Å². The minimum Gasteiger partial charge on any atom is -0.480 e. The Morgan fingerprint density at radius 2 is 2.00 bits per heavy atom. The monoisotopic (exact) mass is 207 g/mol. The maximum absolute atomic E-state index is 10.9. The van der Waals surface area contributed by atoms with Gasteiger partial charge < -0.3 is 10.2 Å². The molecule has 0 aromatic carbocycles. The lowest BCUT2D eigenvalue weighted by Gasteiger charge is -2.28. The van der Waals surface area contributed by atoms with Gasteiger partial charge in [0.1, 0.15) is 0 Å². The maximum atomic E-state index is 10.9. The van der Waals surface area contributed by atoms with Gasteiger partial charge in [0, 0.05) is 5.92 Å². The molecule has 0 aliphatic carbocycles. The molecule has 1 unspecified atom stereocenters. The van der Waals surface area contributed by atoms with E-state index >= 15 is 0 Å². The number of carboxylic acids is 1. The van der Waals surface area contributed by atoms with Crippen LogP contribution in [0.25, 0.3) is 0 Å². The van der Waals surface area contributed by atoms with Gasteiger partial charge in [0.05, 0.1) is 6.54 Å². The van der Waals surface area contributed by atoms with Crippen LogP contribution in [-0.4, -0.2) is 39.7 Å². The average Bonchev–Trinajstić information content (AvgIpc) is 2.12. The van der Waals surface area contributed by atoms with Crippen molar-refractivity contribution in [2.45, 2.75) is 19.6 Å². The van der Waals surface area contributed by atoms with Crippen molar-refractivity contribution in [3.05, 3.63) is 0 Å². The highest BCUT2D eigenvalue weighted by molar-refractivity contribution is 5.79. The van der Waals surface area contributed by atoms with E-state index in [-0.39, 0.29) is 0 Å². The molecule has 0 saturated carbocycles. The third-order valence-electron chi connectivity index (χ3n) is 1.74. The Morgan fingerprint density at radius 3 is 2.29 bits per heavy atom. The molecule has 0 saturated heterocycles. The summed E-state index contributed by atoms with van der Waals surface area (Å²) in [7, 11) is 0. The molecule has 14 heavy (non-hydrogen) atoms. The number of nitrogens with one attached hydrogen (secondary N) is 1. The van der Waals surface area contributed by atoms with Crippen LogP contribution >= 0.6 is 0 Å². The van der Waals surface area contributed by atoms with Gasteiger partial charge in [-0.15, -0.1) is 0 Å². The second-order valence-electron chi connectivity index (χ2n) is 3.05. The van der Waals surface area contributed by atoms with Crippen LogP contribution in [-0.2, 0) is 14.5 Å². The van der Waals surface area contributed by atoms with Crippen LogP contribution in [0.4, 0.5) is 0 Å². The molecule has 0 radical (unpaired) electrons. The number of carbonyl (C=O) groups is 2. The normalized spacial score (nSPS) is 14.9. The molecule has 1 atom stereocenters. The molecule has 82 valence electrons. The Kier molecular flexibility index (Phi) is 4.48. The summed E-state index contributed by atoms with van der Waals surface area (Å²) in [5, 5.41) is 28.1. The summed E-state index contributed by atoms with van der Waals surface area (Å²) >= 11 is 0. The number of hydrogen-bond acceptors (Lipinski definition) is 6. The molecule has 7 nitrogen and oxygen atoms in total. The van der Waals surface area contributed by atoms with E-state index in [0.29, 0.717) is 0 Å². The predicted octanol–water partition coefficient (Wildman–Crippen LogP) is -0.979. The molecule has 0 aliphatic rings. The Morgan fingerprint density at radius 1 is 1.50 bits per heavy atom. The fourth-order valence-corrected chi connectivity index (χ4v) is 0.792. The molecule has 0 aromatic rings. The fraction of sp³-hybridized carbons (Fsp3) is 0.714. The number of aliphatic hydroxyl groups is 1.